The molecule has 0 saturated carbocycles. The largest absolute Gasteiger partial charge is 0.481 e. The summed E-state index contributed by atoms with van der Waals surface area (Å²) in [5.74, 6) is -8.87. The van der Waals surface area contributed by atoms with Gasteiger partial charge in [0.1, 0.15) is 5.92 Å². The van der Waals surface area contributed by atoms with Crippen LogP contribution in [0.4, 0.5) is 0 Å². The Morgan fingerprint density at radius 2 is 1.05 bits per heavy atom. The van der Waals surface area contributed by atoms with Crippen molar-refractivity contribution in [2.45, 2.75) is 25.4 Å². The predicted molar refractivity (Wildman–Crippen MR) is 61.5 cm³/mol. The SMILES string of the molecule is O=C(O)CC(C(=O)O)C(O)C(=O)O.O=C(O)CCC(=O)O. The van der Waals surface area contributed by atoms with E-state index >= 15 is 0 Å². The van der Waals surface area contributed by atoms with Crippen LogP contribution >= 0.6 is 0 Å². The average molecular weight is 310 g/mol. The first-order chi connectivity index (χ1) is 9.48. The van der Waals surface area contributed by atoms with Gasteiger partial charge in [0.2, 0.25) is 0 Å². The normalized spacial score (nSPS) is 12.2. The molecule has 0 spiro atoms. The van der Waals surface area contributed by atoms with Crippen LogP contribution in [0.25, 0.3) is 0 Å². The number of hydrogen-bond acceptors (Lipinski definition) is 6. The first kappa shape index (κ1) is 20.6. The van der Waals surface area contributed by atoms with Gasteiger partial charge < -0.3 is 30.6 Å². The van der Waals surface area contributed by atoms with Gasteiger partial charge in [-0.2, -0.15) is 0 Å². The van der Waals surface area contributed by atoms with Crippen LogP contribution in [0.15, 0.2) is 0 Å². The van der Waals surface area contributed by atoms with Crippen LogP contribution in [-0.4, -0.2) is 66.6 Å². The standard InChI is InChI=1S/C6H8O7.C4H6O4/c7-3(8)1-2(5(10)11)4(9)6(12)13;5-3(6)1-2-4(7)8/h2,4,9H,1H2,(H,7,8)(H,10,11)(H,12,13);1-2H2,(H,5,6)(H,7,8). The first-order valence-corrected chi connectivity index (χ1v) is 5.28. The number of carboxylic acids is 5. The van der Waals surface area contributed by atoms with E-state index in [1.807, 2.05) is 0 Å². The summed E-state index contributed by atoms with van der Waals surface area (Å²) < 4.78 is 0. The minimum atomic E-state index is -2.20. The molecule has 0 aliphatic rings. The van der Waals surface area contributed by atoms with E-state index in [1.54, 1.807) is 0 Å². The monoisotopic (exact) mass is 310 g/mol. The smallest absolute Gasteiger partial charge is 0.333 e. The molecule has 6 N–H and O–H groups in total. The second-order valence-corrected chi connectivity index (χ2v) is 3.61. The molecule has 11 nitrogen and oxygen atoms in total. The van der Waals surface area contributed by atoms with Crippen molar-refractivity contribution in [3.05, 3.63) is 0 Å². The maximum atomic E-state index is 10.3. The second kappa shape index (κ2) is 10.1. The number of aliphatic hydroxyl groups is 1. The zero-order chi connectivity index (χ0) is 17.2. The third-order valence-corrected chi connectivity index (χ3v) is 1.90. The van der Waals surface area contributed by atoms with Crippen LogP contribution in [0.5, 0.6) is 0 Å². The Hall–Kier alpha value is -2.69. The summed E-state index contributed by atoms with van der Waals surface area (Å²) in [5, 5.41) is 49.3. The van der Waals surface area contributed by atoms with Crippen LogP contribution in [0.1, 0.15) is 19.3 Å². The zero-order valence-corrected chi connectivity index (χ0v) is 10.5. The highest BCUT2D eigenvalue weighted by molar-refractivity contribution is 5.85. The lowest BCUT2D eigenvalue weighted by molar-refractivity contribution is -0.162. The summed E-state index contributed by atoms with van der Waals surface area (Å²) in [4.78, 5) is 49.8. The number of rotatable bonds is 8. The van der Waals surface area contributed by atoms with Crippen molar-refractivity contribution in [1.29, 1.82) is 0 Å². The lowest BCUT2D eigenvalue weighted by Gasteiger charge is -2.12. The zero-order valence-electron chi connectivity index (χ0n) is 10.5. The van der Waals surface area contributed by atoms with Crippen molar-refractivity contribution in [2.24, 2.45) is 5.92 Å². The Morgan fingerprint density at radius 1 is 0.667 bits per heavy atom. The lowest BCUT2D eigenvalue weighted by atomic mass is 9.99. The minimum Gasteiger partial charge on any atom is -0.481 e. The van der Waals surface area contributed by atoms with Gasteiger partial charge in [-0.15, -0.1) is 0 Å². The number of carbonyl (C=O) groups is 5. The molecule has 2 unspecified atom stereocenters. The average Bonchev–Trinajstić information content (AvgIpc) is 2.32. The molecule has 0 fully saturated rings. The number of hydrogen-bond donors (Lipinski definition) is 6. The van der Waals surface area contributed by atoms with Crippen molar-refractivity contribution in [2.75, 3.05) is 0 Å². The highest BCUT2D eigenvalue weighted by Gasteiger charge is 2.33. The van der Waals surface area contributed by atoms with Crippen molar-refractivity contribution in [1.82, 2.24) is 0 Å². The van der Waals surface area contributed by atoms with Crippen LogP contribution in [0.2, 0.25) is 0 Å². The van der Waals surface area contributed by atoms with Crippen LogP contribution < -0.4 is 0 Å². The summed E-state index contributed by atoms with van der Waals surface area (Å²) in [6, 6.07) is 0. The van der Waals surface area contributed by atoms with E-state index in [2.05, 4.69) is 0 Å². The molecule has 0 aliphatic carbocycles. The highest BCUT2D eigenvalue weighted by atomic mass is 16.4. The summed E-state index contributed by atoms with van der Waals surface area (Å²) in [5.41, 5.74) is 0. The molecular weight excluding hydrogens is 296 g/mol. The number of carboxylic acid groups (broad SMARTS) is 5. The lowest BCUT2D eigenvalue weighted by Crippen LogP contribution is -2.36. The third kappa shape index (κ3) is 12.1. The van der Waals surface area contributed by atoms with E-state index in [0.717, 1.165) is 0 Å². The fraction of sp³-hybridized carbons (Fsp3) is 0.500. The maximum absolute atomic E-state index is 10.3. The molecule has 0 aromatic rings. The molecule has 0 saturated heterocycles. The topological polar surface area (TPSA) is 207 Å². The van der Waals surface area contributed by atoms with Gasteiger partial charge in [0.05, 0.1) is 19.3 Å². The second-order valence-electron chi connectivity index (χ2n) is 3.61. The molecule has 11 heteroatoms. The van der Waals surface area contributed by atoms with E-state index < -0.39 is 48.3 Å². The number of aliphatic hydroxyl groups excluding tert-OH is 1. The molecule has 0 heterocycles. The molecule has 0 bridgehead atoms. The van der Waals surface area contributed by atoms with Gasteiger partial charge in [0.25, 0.3) is 0 Å². The molecule has 0 amide bonds. The third-order valence-electron chi connectivity index (χ3n) is 1.90. The Bertz CT molecular complexity index is 399. The fourth-order valence-electron chi connectivity index (χ4n) is 0.908. The molecule has 0 rings (SSSR count). The quantitative estimate of drug-likeness (QED) is 0.305. The Kier molecular flexibility index (Phi) is 9.96. The van der Waals surface area contributed by atoms with Gasteiger partial charge in [-0.05, 0) is 0 Å². The minimum absolute atomic E-state index is 0.296. The van der Waals surface area contributed by atoms with E-state index in [9.17, 15) is 24.0 Å². The van der Waals surface area contributed by atoms with Crippen LogP contribution in [0, 0.1) is 5.92 Å². The molecule has 0 aromatic carbocycles. The van der Waals surface area contributed by atoms with Gasteiger partial charge in [-0.25, -0.2) is 4.79 Å². The summed E-state index contributed by atoms with van der Waals surface area (Å²) >= 11 is 0. The molecule has 120 valence electrons. The van der Waals surface area contributed by atoms with Crippen molar-refractivity contribution in [3.8, 4) is 0 Å². The van der Waals surface area contributed by atoms with Gasteiger partial charge in [0.15, 0.2) is 6.10 Å². The van der Waals surface area contributed by atoms with Crippen molar-refractivity contribution >= 4 is 29.8 Å². The van der Waals surface area contributed by atoms with Crippen LogP contribution in [0.3, 0.4) is 0 Å². The molecular formula is C10H14O11. The van der Waals surface area contributed by atoms with E-state index in [-0.39, 0.29) is 12.8 Å². The number of aliphatic carboxylic acids is 5. The molecule has 21 heavy (non-hydrogen) atoms. The van der Waals surface area contributed by atoms with Crippen LogP contribution in [-0.2, 0) is 24.0 Å². The molecule has 0 radical (unpaired) electrons. The molecule has 0 aromatic heterocycles. The van der Waals surface area contributed by atoms with E-state index in [0.29, 0.717) is 0 Å². The van der Waals surface area contributed by atoms with Gasteiger partial charge in [-0.1, -0.05) is 0 Å². The Labute approximate surface area is 117 Å². The molecule has 0 aliphatic heterocycles. The van der Waals surface area contributed by atoms with Crippen molar-refractivity contribution < 1.29 is 54.6 Å². The first-order valence-electron chi connectivity index (χ1n) is 5.28. The summed E-state index contributed by atoms with van der Waals surface area (Å²) in [6.45, 7) is 0. The Morgan fingerprint density at radius 3 is 1.24 bits per heavy atom. The Balaban J connectivity index is 0. The fourth-order valence-corrected chi connectivity index (χ4v) is 0.908. The van der Waals surface area contributed by atoms with Gasteiger partial charge in [0, 0.05) is 0 Å². The van der Waals surface area contributed by atoms with Gasteiger partial charge >= 0.3 is 29.8 Å². The van der Waals surface area contributed by atoms with Crippen molar-refractivity contribution in [3.63, 3.8) is 0 Å². The maximum Gasteiger partial charge on any atom is 0.333 e. The van der Waals surface area contributed by atoms with Gasteiger partial charge in [-0.3, -0.25) is 19.2 Å². The summed E-state index contributed by atoms with van der Waals surface area (Å²) in [6.07, 6.45) is -3.72. The van der Waals surface area contributed by atoms with E-state index in [4.69, 9.17) is 30.6 Å². The summed E-state index contributed by atoms with van der Waals surface area (Å²) in [7, 11) is 0. The highest BCUT2D eigenvalue weighted by Crippen LogP contribution is 2.09. The van der Waals surface area contributed by atoms with E-state index in [1.165, 1.54) is 0 Å². The molecule has 2 atom stereocenters. The predicted octanol–water partition coefficient (Wildman–Crippen LogP) is -1.46.